The lowest BCUT2D eigenvalue weighted by atomic mass is 9.95. The van der Waals surface area contributed by atoms with Crippen molar-refractivity contribution in [2.45, 2.75) is 39.5 Å². The van der Waals surface area contributed by atoms with E-state index in [1.807, 2.05) is 6.92 Å². The predicted molar refractivity (Wildman–Crippen MR) is 53.6 cm³/mol. The van der Waals surface area contributed by atoms with Crippen molar-refractivity contribution in [1.82, 2.24) is 0 Å². The normalized spacial score (nSPS) is 14.7. The summed E-state index contributed by atoms with van der Waals surface area (Å²) in [5.41, 5.74) is 5.17. The van der Waals surface area contributed by atoms with Crippen LogP contribution in [0.2, 0.25) is 0 Å². The Morgan fingerprint density at radius 1 is 1.36 bits per heavy atom. The molecule has 0 aliphatic carbocycles. The van der Waals surface area contributed by atoms with Crippen LogP contribution in [0.3, 0.4) is 0 Å². The molecule has 0 heterocycles. The van der Waals surface area contributed by atoms with Gasteiger partial charge in [0.1, 0.15) is 0 Å². The van der Waals surface area contributed by atoms with Crippen molar-refractivity contribution in [3.8, 4) is 0 Å². The molecule has 1 amide bonds. The lowest BCUT2D eigenvalue weighted by Crippen LogP contribution is -2.22. The summed E-state index contributed by atoms with van der Waals surface area (Å²) in [6.45, 7) is 3.59. The van der Waals surface area contributed by atoms with Crippen molar-refractivity contribution >= 4 is 11.9 Å². The number of carboxylic acid groups (broad SMARTS) is 1. The number of carbonyl (C=O) groups is 2. The molecule has 0 bridgehead atoms. The summed E-state index contributed by atoms with van der Waals surface area (Å²) >= 11 is 0. The van der Waals surface area contributed by atoms with E-state index in [1.165, 1.54) is 0 Å². The third-order valence-corrected chi connectivity index (χ3v) is 2.51. The van der Waals surface area contributed by atoms with Crippen LogP contribution < -0.4 is 5.73 Å². The number of rotatable bonds is 7. The fourth-order valence-corrected chi connectivity index (χ4v) is 1.34. The van der Waals surface area contributed by atoms with Crippen LogP contribution in [-0.2, 0) is 9.59 Å². The molecule has 0 saturated heterocycles. The molecule has 4 heteroatoms. The second-order valence-electron chi connectivity index (χ2n) is 3.68. The van der Waals surface area contributed by atoms with Crippen LogP contribution in [-0.4, -0.2) is 17.0 Å². The van der Waals surface area contributed by atoms with Gasteiger partial charge in [-0.25, -0.2) is 0 Å². The average Bonchev–Trinajstić information content (AvgIpc) is 2.11. The van der Waals surface area contributed by atoms with E-state index < -0.39 is 5.97 Å². The summed E-state index contributed by atoms with van der Waals surface area (Å²) in [5, 5.41) is 8.62. The first kappa shape index (κ1) is 12.9. The quantitative estimate of drug-likeness (QED) is 0.653. The molecule has 0 fully saturated rings. The SMILES string of the molecule is CCC(CCCC(C)C(=O)O)C(N)=O. The monoisotopic (exact) mass is 201 g/mol. The smallest absolute Gasteiger partial charge is 0.306 e. The third-order valence-electron chi connectivity index (χ3n) is 2.51. The van der Waals surface area contributed by atoms with Gasteiger partial charge in [0.25, 0.3) is 0 Å². The number of amides is 1. The summed E-state index contributed by atoms with van der Waals surface area (Å²) in [7, 11) is 0. The van der Waals surface area contributed by atoms with E-state index in [9.17, 15) is 9.59 Å². The van der Waals surface area contributed by atoms with Gasteiger partial charge < -0.3 is 10.8 Å². The molecule has 2 unspecified atom stereocenters. The summed E-state index contributed by atoms with van der Waals surface area (Å²) < 4.78 is 0. The fourth-order valence-electron chi connectivity index (χ4n) is 1.34. The van der Waals surface area contributed by atoms with E-state index in [0.29, 0.717) is 12.8 Å². The van der Waals surface area contributed by atoms with Gasteiger partial charge in [0.05, 0.1) is 5.92 Å². The number of carboxylic acids is 1. The summed E-state index contributed by atoms with van der Waals surface area (Å²) in [4.78, 5) is 21.3. The predicted octanol–water partition coefficient (Wildman–Crippen LogP) is 1.39. The number of carbonyl (C=O) groups excluding carboxylic acids is 1. The third kappa shape index (κ3) is 4.84. The van der Waals surface area contributed by atoms with E-state index in [4.69, 9.17) is 10.8 Å². The number of primary amides is 1. The maximum absolute atomic E-state index is 10.8. The Morgan fingerprint density at radius 3 is 2.29 bits per heavy atom. The molecule has 0 radical (unpaired) electrons. The highest BCUT2D eigenvalue weighted by molar-refractivity contribution is 5.76. The minimum absolute atomic E-state index is 0.101. The Morgan fingerprint density at radius 2 is 1.93 bits per heavy atom. The van der Waals surface area contributed by atoms with Gasteiger partial charge in [-0.15, -0.1) is 0 Å². The molecule has 2 atom stereocenters. The van der Waals surface area contributed by atoms with Gasteiger partial charge in [0, 0.05) is 5.92 Å². The first-order valence-electron chi connectivity index (χ1n) is 5.01. The Hall–Kier alpha value is -1.06. The molecular weight excluding hydrogens is 182 g/mol. The zero-order chi connectivity index (χ0) is 11.1. The van der Waals surface area contributed by atoms with Crippen molar-refractivity contribution in [2.75, 3.05) is 0 Å². The molecule has 0 spiro atoms. The van der Waals surface area contributed by atoms with Crippen LogP contribution in [0.25, 0.3) is 0 Å². The topological polar surface area (TPSA) is 80.4 Å². The van der Waals surface area contributed by atoms with Crippen molar-refractivity contribution in [3.63, 3.8) is 0 Å². The number of hydrogen-bond donors (Lipinski definition) is 2. The van der Waals surface area contributed by atoms with Crippen molar-refractivity contribution < 1.29 is 14.7 Å². The van der Waals surface area contributed by atoms with Crippen LogP contribution in [0.1, 0.15) is 39.5 Å². The average molecular weight is 201 g/mol. The van der Waals surface area contributed by atoms with E-state index in [2.05, 4.69) is 0 Å². The Bertz CT molecular complexity index is 204. The molecule has 3 N–H and O–H groups in total. The van der Waals surface area contributed by atoms with Crippen LogP contribution >= 0.6 is 0 Å². The van der Waals surface area contributed by atoms with Gasteiger partial charge in [-0.3, -0.25) is 9.59 Å². The van der Waals surface area contributed by atoms with E-state index in [1.54, 1.807) is 6.92 Å². The van der Waals surface area contributed by atoms with Gasteiger partial charge in [0.15, 0.2) is 0 Å². The van der Waals surface area contributed by atoms with Gasteiger partial charge in [-0.05, 0) is 19.3 Å². The Balaban J connectivity index is 3.71. The van der Waals surface area contributed by atoms with Gasteiger partial charge in [0.2, 0.25) is 5.91 Å². The minimum Gasteiger partial charge on any atom is -0.481 e. The van der Waals surface area contributed by atoms with Crippen LogP contribution in [0.5, 0.6) is 0 Å². The van der Waals surface area contributed by atoms with Crippen LogP contribution in [0, 0.1) is 11.8 Å². The standard InChI is InChI=1S/C10H19NO3/c1-3-8(9(11)12)6-4-5-7(2)10(13)14/h7-8H,3-6H2,1-2H3,(H2,11,12)(H,13,14). The molecule has 0 aromatic carbocycles. The molecule has 0 rings (SSSR count). The first-order valence-corrected chi connectivity index (χ1v) is 5.01. The zero-order valence-electron chi connectivity index (χ0n) is 8.82. The molecule has 14 heavy (non-hydrogen) atoms. The maximum Gasteiger partial charge on any atom is 0.306 e. The second-order valence-corrected chi connectivity index (χ2v) is 3.68. The second kappa shape index (κ2) is 6.40. The van der Waals surface area contributed by atoms with E-state index in [-0.39, 0.29) is 17.7 Å². The van der Waals surface area contributed by atoms with Crippen molar-refractivity contribution in [3.05, 3.63) is 0 Å². The molecule has 0 saturated carbocycles. The maximum atomic E-state index is 10.8. The zero-order valence-corrected chi connectivity index (χ0v) is 8.82. The highest BCUT2D eigenvalue weighted by Gasteiger charge is 2.15. The highest BCUT2D eigenvalue weighted by atomic mass is 16.4. The van der Waals surface area contributed by atoms with Crippen molar-refractivity contribution in [1.29, 1.82) is 0 Å². The summed E-state index contributed by atoms with van der Waals surface area (Å²) in [6, 6.07) is 0. The first-order chi connectivity index (χ1) is 6.49. The summed E-state index contributed by atoms with van der Waals surface area (Å²) in [6.07, 6.45) is 2.79. The molecule has 0 aromatic heterocycles. The number of nitrogens with two attached hydrogens (primary N) is 1. The Labute approximate surface area is 84.5 Å². The fraction of sp³-hybridized carbons (Fsp3) is 0.800. The largest absolute Gasteiger partial charge is 0.481 e. The van der Waals surface area contributed by atoms with Crippen molar-refractivity contribution in [2.24, 2.45) is 17.6 Å². The lowest BCUT2D eigenvalue weighted by Gasteiger charge is -2.11. The number of aliphatic carboxylic acids is 1. The molecule has 0 aromatic rings. The van der Waals surface area contributed by atoms with Gasteiger partial charge in [-0.1, -0.05) is 20.3 Å². The summed E-state index contributed by atoms with van der Waals surface area (Å²) in [5.74, 6) is -1.50. The molecule has 0 aliphatic heterocycles. The molecule has 4 nitrogen and oxygen atoms in total. The Kier molecular flexibility index (Phi) is 5.92. The molecule has 82 valence electrons. The lowest BCUT2D eigenvalue weighted by molar-refractivity contribution is -0.141. The van der Waals surface area contributed by atoms with Crippen LogP contribution in [0.15, 0.2) is 0 Å². The molecule has 0 aliphatic rings. The van der Waals surface area contributed by atoms with Crippen LogP contribution in [0.4, 0.5) is 0 Å². The van der Waals surface area contributed by atoms with Gasteiger partial charge in [-0.2, -0.15) is 0 Å². The van der Waals surface area contributed by atoms with E-state index >= 15 is 0 Å². The molecular formula is C10H19NO3. The van der Waals surface area contributed by atoms with E-state index in [0.717, 1.165) is 12.8 Å². The van der Waals surface area contributed by atoms with Gasteiger partial charge >= 0.3 is 5.97 Å². The minimum atomic E-state index is -0.780. The highest BCUT2D eigenvalue weighted by Crippen LogP contribution is 2.15. The number of hydrogen-bond acceptors (Lipinski definition) is 2.